The summed E-state index contributed by atoms with van der Waals surface area (Å²) in [5.74, 6) is 1.19. The normalized spacial score (nSPS) is 16.6. The molecule has 2 heterocycles. The lowest BCUT2D eigenvalue weighted by Gasteiger charge is -2.30. The largest absolute Gasteiger partial charge is 0.504 e. The first-order valence-electron chi connectivity index (χ1n) is 11.7. The molecule has 1 aliphatic carbocycles. The minimum absolute atomic E-state index is 0.0298. The van der Waals surface area contributed by atoms with Crippen molar-refractivity contribution in [2.45, 2.75) is 18.9 Å². The molecule has 180 valence electrons. The van der Waals surface area contributed by atoms with Gasteiger partial charge in [-0.2, -0.15) is 0 Å². The molecule has 1 aliphatic heterocycles. The molecule has 0 spiro atoms. The third-order valence-corrected chi connectivity index (χ3v) is 7.79. The Kier molecular flexibility index (Phi) is 5.49. The number of benzene rings is 3. The summed E-state index contributed by atoms with van der Waals surface area (Å²) in [6.45, 7) is 0. The van der Waals surface area contributed by atoms with Crippen molar-refractivity contribution in [3.05, 3.63) is 114 Å². The molecular formula is C29H24N2O4S. The molecular weight excluding hydrogens is 472 g/mol. The molecule has 6 nitrogen and oxygen atoms in total. The molecule has 1 aromatic heterocycles. The third kappa shape index (κ3) is 3.63. The van der Waals surface area contributed by atoms with Crippen molar-refractivity contribution < 1.29 is 14.6 Å². The van der Waals surface area contributed by atoms with Crippen LogP contribution in [0.4, 0.5) is 0 Å². The highest BCUT2D eigenvalue weighted by molar-refractivity contribution is 7.07. The summed E-state index contributed by atoms with van der Waals surface area (Å²) in [5.41, 5.74) is 6.17. The fourth-order valence-electron chi connectivity index (χ4n) is 5.06. The number of allylic oxidation sites excluding steroid dienone is 1. The monoisotopic (exact) mass is 496 g/mol. The summed E-state index contributed by atoms with van der Waals surface area (Å²) in [5, 5.41) is 10.2. The van der Waals surface area contributed by atoms with Crippen LogP contribution in [0.1, 0.15) is 34.7 Å². The smallest absolute Gasteiger partial charge is 0.271 e. The number of aromatic nitrogens is 1. The molecule has 6 rings (SSSR count). The summed E-state index contributed by atoms with van der Waals surface area (Å²) in [6, 6.07) is 21.1. The van der Waals surface area contributed by atoms with E-state index in [2.05, 4.69) is 18.2 Å². The van der Waals surface area contributed by atoms with Crippen LogP contribution in [0.25, 0.3) is 11.8 Å². The molecule has 36 heavy (non-hydrogen) atoms. The Bertz CT molecular complexity index is 1700. The van der Waals surface area contributed by atoms with Gasteiger partial charge in [0.2, 0.25) is 0 Å². The fraction of sp³-hybridized carbons (Fsp3) is 0.172. The van der Waals surface area contributed by atoms with Crippen LogP contribution in [0, 0.1) is 0 Å². The Hall–Kier alpha value is -4.10. The molecule has 0 saturated heterocycles. The molecule has 0 radical (unpaired) electrons. The van der Waals surface area contributed by atoms with Crippen molar-refractivity contribution in [1.82, 2.24) is 4.57 Å². The van der Waals surface area contributed by atoms with Gasteiger partial charge in [0.05, 0.1) is 30.5 Å². The van der Waals surface area contributed by atoms with Crippen LogP contribution in [-0.2, 0) is 6.42 Å². The second-order valence-corrected chi connectivity index (χ2v) is 9.83. The summed E-state index contributed by atoms with van der Waals surface area (Å²) >= 11 is 1.37. The van der Waals surface area contributed by atoms with E-state index in [-0.39, 0.29) is 17.4 Å². The van der Waals surface area contributed by atoms with E-state index in [0.717, 1.165) is 41.0 Å². The number of methoxy groups -OCH3 is 2. The zero-order valence-electron chi connectivity index (χ0n) is 19.9. The number of aryl methyl sites for hydroxylation is 1. The van der Waals surface area contributed by atoms with Gasteiger partial charge in [-0.1, -0.05) is 53.8 Å². The van der Waals surface area contributed by atoms with Gasteiger partial charge in [-0.15, -0.1) is 0 Å². The molecule has 0 saturated carbocycles. The molecule has 0 bridgehead atoms. The van der Waals surface area contributed by atoms with Crippen molar-refractivity contribution in [2.75, 3.05) is 14.2 Å². The number of hydrogen-bond donors (Lipinski definition) is 1. The lowest BCUT2D eigenvalue weighted by Crippen LogP contribution is -2.38. The maximum atomic E-state index is 13.8. The van der Waals surface area contributed by atoms with E-state index in [1.165, 1.54) is 24.0 Å². The molecule has 0 fully saturated rings. The maximum absolute atomic E-state index is 13.8. The number of ether oxygens (including phenoxy) is 2. The Morgan fingerprint density at radius 3 is 2.58 bits per heavy atom. The molecule has 1 atom stereocenters. The van der Waals surface area contributed by atoms with Crippen LogP contribution in [0.2, 0.25) is 0 Å². The average Bonchev–Trinajstić information content (AvgIpc) is 3.22. The second kappa shape index (κ2) is 8.84. The highest BCUT2D eigenvalue weighted by Gasteiger charge is 2.32. The molecule has 4 aromatic rings. The molecule has 0 unspecified atom stereocenters. The van der Waals surface area contributed by atoms with Gasteiger partial charge in [-0.3, -0.25) is 9.36 Å². The summed E-state index contributed by atoms with van der Waals surface area (Å²) in [4.78, 5) is 19.5. The summed E-state index contributed by atoms with van der Waals surface area (Å²) in [6.07, 6.45) is 3.54. The van der Waals surface area contributed by atoms with Crippen LogP contribution in [-0.4, -0.2) is 23.9 Å². The zero-order valence-corrected chi connectivity index (χ0v) is 20.7. The van der Waals surface area contributed by atoms with E-state index in [9.17, 15) is 9.90 Å². The topological polar surface area (TPSA) is 73.1 Å². The van der Waals surface area contributed by atoms with E-state index in [1.807, 2.05) is 41.0 Å². The van der Waals surface area contributed by atoms with Gasteiger partial charge >= 0.3 is 0 Å². The zero-order chi connectivity index (χ0) is 24.8. The van der Waals surface area contributed by atoms with E-state index < -0.39 is 0 Å². The lowest BCUT2D eigenvalue weighted by molar-refractivity contribution is 0.373. The quantitative estimate of drug-likeness (QED) is 0.463. The third-order valence-electron chi connectivity index (χ3n) is 6.81. The van der Waals surface area contributed by atoms with E-state index >= 15 is 0 Å². The van der Waals surface area contributed by atoms with Gasteiger partial charge in [0.1, 0.15) is 5.75 Å². The Balaban J connectivity index is 1.58. The minimum Gasteiger partial charge on any atom is -0.504 e. The van der Waals surface area contributed by atoms with Gasteiger partial charge in [0.25, 0.3) is 5.56 Å². The van der Waals surface area contributed by atoms with Crippen molar-refractivity contribution in [2.24, 2.45) is 4.99 Å². The van der Waals surface area contributed by atoms with Crippen molar-refractivity contribution >= 4 is 23.1 Å². The number of hydrogen-bond acceptors (Lipinski definition) is 6. The van der Waals surface area contributed by atoms with Crippen LogP contribution in [0.15, 0.2) is 82.1 Å². The van der Waals surface area contributed by atoms with E-state index in [1.54, 1.807) is 25.3 Å². The molecule has 1 N–H and O–H groups in total. The first-order valence-corrected chi connectivity index (χ1v) is 12.5. The van der Waals surface area contributed by atoms with Crippen LogP contribution >= 0.6 is 11.3 Å². The molecule has 7 heteroatoms. The van der Waals surface area contributed by atoms with Gasteiger partial charge in [0.15, 0.2) is 16.3 Å². The Morgan fingerprint density at radius 2 is 1.83 bits per heavy atom. The van der Waals surface area contributed by atoms with Gasteiger partial charge in [0, 0.05) is 5.56 Å². The van der Waals surface area contributed by atoms with Crippen LogP contribution < -0.4 is 24.4 Å². The predicted molar refractivity (Wildman–Crippen MR) is 140 cm³/mol. The van der Waals surface area contributed by atoms with Crippen LogP contribution in [0.5, 0.6) is 17.2 Å². The summed E-state index contributed by atoms with van der Waals surface area (Å²) in [7, 11) is 3.15. The highest BCUT2D eigenvalue weighted by atomic mass is 32.1. The molecule has 2 aliphatic rings. The lowest BCUT2D eigenvalue weighted by atomic mass is 9.83. The van der Waals surface area contributed by atoms with Gasteiger partial charge < -0.3 is 14.6 Å². The number of thiazole rings is 1. The number of phenols is 1. The number of fused-ring (bicyclic) bond motifs is 3. The molecule has 3 aromatic carbocycles. The SMILES string of the molecule is COc1ccc([C@H]2C3=C(N=c4s/c(=C/c5ccc(OC)c(O)c5)c(=O)n42)c2ccccc2CC3)cc1. The molecule has 0 amide bonds. The first-order chi connectivity index (χ1) is 17.6. The van der Waals surface area contributed by atoms with Crippen molar-refractivity contribution in [3.8, 4) is 17.2 Å². The Labute approximate surface area is 211 Å². The first kappa shape index (κ1) is 22.4. The van der Waals surface area contributed by atoms with E-state index in [0.29, 0.717) is 20.6 Å². The maximum Gasteiger partial charge on any atom is 0.271 e. The number of phenolic OH excluding ortho intramolecular Hbond substituents is 1. The van der Waals surface area contributed by atoms with Crippen molar-refractivity contribution in [1.29, 1.82) is 0 Å². The van der Waals surface area contributed by atoms with Gasteiger partial charge in [-0.25, -0.2) is 4.99 Å². The summed E-state index contributed by atoms with van der Waals surface area (Å²) < 4.78 is 12.9. The number of nitrogens with zero attached hydrogens (tertiary/aromatic N) is 2. The second-order valence-electron chi connectivity index (χ2n) is 8.82. The average molecular weight is 497 g/mol. The highest BCUT2D eigenvalue weighted by Crippen LogP contribution is 2.41. The number of aromatic hydroxyl groups is 1. The predicted octanol–water partition coefficient (Wildman–Crippen LogP) is 4.04. The van der Waals surface area contributed by atoms with Gasteiger partial charge in [-0.05, 0) is 65.4 Å². The van der Waals surface area contributed by atoms with Crippen molar-refractivity contribution in [3.63, 3.8) is 0 Å². The minimum atomic E-state index is -0.248. The van der Waals surface area contributed by atoms with E-state index in [4.69, 9.17) is 14.5 Å². The number of rotatable bonds is 4. The fourth-order valence-corrected chi connectivity index (χ4v) is 6.06. The van der Waals surface area contributed by atoms with Crippen LogP contribution in [0.3, 0.4) is 0 Å². The Morgan fingerprint density at radius 1 is 1.03 bits per heavy atom. The standard InChI is InChI=1S/C29H24N2O4S/c1-34-20-11-8-19(9-12-20)27-22-13-10-18-5-3-4-6-21(18)26(22)30-29-31(27)28(33)25(36-29)16-17-7-14-24(35-2)23(32)15-17/h3-9,11-12,14-16,27,32H,10,13H2,1-2H3/b25-16+/t27-/m0/s1.